The van der Waals surface area contributed by atoms with Crippen LogP contribution in [0.5, 0.6) is 0 Å². The van der Waals surface area contributed by atoms with E-state index < -0.39 is 0 Å². The molecule has 1 aliphatic carbocycles. The molecule has 1 N–H and O–H groups in total. The van der Waals surface area contributed by atoms with Crippen LogP contribution in [0.4, 0.5) is 11.6 Å². The second-order valence-corrected chi connectivity index (χ2v) is 8.38. The first-order chi connectivity index (χ1) is 14.6. The number of nitrogens with zero attached hydrogens (tertiary/aromatic N) is 4. The number of aryl methyl sites for hydroxylation is 2. The van der Waals surface area contributed by atoms with Crippen molar-refractivity contribution in [2.45, 2.75) is 32.7 Å². The fourth-order valence-corrected chi connectivity index (χ4v) is 3.91. The van der Waals surface area contributed by atoms with Gasteiger partial charge in [-0.15, -0.1) is 0 Å². The quantitative estimate of drug-likeness (QED) is 0.721. The minimum absolute atomic E-state index is 0.110. The summed E-state index contributed by atoms with van der Waals surface area (Å²) >= 11 is 0. The number of carbonyl (C=O) groups excluding carboxylic acids is 1. The highest BCUT2D eigenvalue weighted by atomic mass is 16.2. The van der Waals surface area contributed by atoms with E-state index in [-0.39, 0.29) is 5.91 Å². The maximum Gasteiger partial charge on any atom is 0.253 e. The summed E-state index contributed by atoms with van der Waals surface area (Å²) in [6, 6.07) is 14.5. The number of amides is 1. The Bertz CT molecular complexity index is 1100. The van der Waals surface area contributed by atoms with E-state index in [1.54, 1.807) is 0 Å². The third-order valence-electron chi connectivity index (χ3n) is 6.09. The van der Waals surface area contributed by atoms with Crippen molar-refractivity contribution in [3.8, 4) is 0 Å². The number of aromatic nitrogens is 2. The Morgan fingerprint density at radius 2 is 1.63 bits per heavy atom. The number of benzene rings is 2. The average Bonchev–Trinajstić information content (AvgIpc) is 3.59. The lowest BCUT2D eigenvalue weighted by atomic mass is 10.1. The van der Waals surface area contributed by atoms with Gasteiger partial charge in [-0.3, -0.25) is 4.79 Å². The van der Waals surface area contributed by atoms with Gasteiger partial charge in [-0.25, -0.2) is 9.97 Å². The maximum absolute atomic E-state index is 13.0. The number of hydrogen-bond donors (Lipinski definition) is 1. The molecule has 2 fully saturated rings. The van der Waals surface area contributed by atoms with Crippen LogP contribution in [0.2, 0.25) is 0 Å². The summed E-state index contributed by atoms with van der Waals surface area (Å²) in [6.07, 6.45) is 2.37. The highest BCUT2D eigenvalue weighted by molar-refractivity contribution is 5.94. The summed E-state index contributed by atoms with van der Waals surface area (Å²) < 4.78 is 0. The van der Waals surface area contributed by atoms with Crippen molar-refractivity contribution in [1.82, 2.24) is 14.9 Å². The molecule has 5 rings (SSSR count). The van der Waals surface area contributed by atoms with Crippen molar-refractivity contribution >= 4 is 28.6 Å². The van der Waals surface area contributed by atoms with E-state index in [0.29, 0.717) is 19.1 Å². The molecule has 6 nitrogen and oxygen atoms in total. The molecule has 2 heterocycles. The number of nitrogens with one attached hydrogen (secondary N) is 1. The summed E-state index contributed by atoms with van der Waals surface area (Å²) in [6.45, 7) is 7.00. The molecule has 2 aromatic carbocycles. The lowest BCUT2D eigenvalue weighted by molar-refractivity contribution is 0.0746. The Balaban J connectivity index is 1.35. The van der Waals surface area contributed by atoms with Crippen LogP contribution >= 0.6 is 0 Å². The van der Waals surface area contributed by atoms with Crippen LogP contribution in [-0.2, 0) is 0 Å². The van der Waals surface area contributed by atoms with Crippen LogP contribution in [-0.4, -0.2) is 53.0 Å². The van der Waals surface area contributed by atoms with E-state index in [4.69, 9.17) is 9.97 Å². The molecule has 1 aromatic heterocycles. The van der Waals surface area contributed by atoms with Crippen LogP contribution in [0.15, 0.2) is 42.5 Å². The molecule has 1 saturated heterocycles. The molecule has 3 aromatic rings. The summed E-state index contributed by atoms with van der Waals surface area (Å²) in [5.74, 6) is 1.88. The molecule has 30 heavy (non-hydrogen) atoms. The lowest BCUT2D eigenvalue weighted by Gasteiger charge is -2.36. The molecule has 0 atom stereocenters. The predicted molar refractivity (Wildman–Crippen MR) is 120 cm³/mol. The van der Waals surface area contributed by atoms with E-state index in [0.717, 1.165) is 46.9 Å². The molecule has 1 saturated carbocycles. The molecule has 0 radical (unpaired) electrons. The van der Waals surface area contributed by atoms with Gasteiger partial charge in [0.05, 0.1) is 11.0 Å². The molecule has 1 aliphatic heterocycles. The van der Waals surface area contributed by atoms with Crippen molar-refractivity contribution < 1.29 is 4.79 Å². The van der Waals surface area contributed by atoms with Gasteiger partial charge in [0.2, 0.25) is 0 Å². The Morgan fingerprint density at radius 3 is 2.30 bits per heavy atom. The smallest absolute Gasteiger partial charge is 0.253 e. The Hall–Kier alpha value is -3.15. The van der Waals surface area contributed by atoms with E-state index in [2.05, 4.69) is 24.1 Å². The van der Waals surface area contributed by atoms with Gasteiger partial charge >= 0.3 is 0 Å². The van der Waals surface area contributed by atoms with Crippen LogP contribution in [0.3, 0.4) is 0 Å². The second-order valence-electron chi connectivity index (χ2n) is 8.38. The van der Waals surface area contributed by atoms with Crippen molar-refractivity contribution in [3.63, 3.8) is 0 Å². The van der Waals surface area contributed by atoms with Crippen LogP contribution in [0, 0.1) is 13.8 Å². The Kier molecular flexibility index (Phi) is 4.77. The first kappa shape index (κ1) is 18.9. The standard InChI is InChI=1S/C24H27N5O/c1-16-7-8-18(15-17(16)2)24(30)29-13-11-28(12-14-29)23-22(25-19-9-10-19)26-20-5-3-4-6-21(20)27-23/h3-8,15,19H,9-14H2,1-2H3,(H,25,26). The number of fused-ring (bicyclic) bond motifs is 1. The zero-order valence-electron chi connectivity index (χ0n) is 17.6. The van der Waals surface area contributed by atoms with Gasteiger partial charge in [0.1, 0.15) is 0 Å². The Morgan fingerprint density at radius 1 is 0.933 bits per heavy atom. The fourth-order valence-electron chi connectivity index (χ4n) is 3.91. The van der Waals surface area contributed by atoms with Crippen molar-refractivity contribution in [3.05, 3.63) is 59.2 Å². The minimum Gasteiger partial charge on any atom is -0.364 e. The van der Waals surface area contributed by atoms with Gasteiger partial charge in [-0.05, 0) is 62.1 Å². The number of anilines is 2. The predicted octanol–water partition coefficient (Wildman–Crippen LogP) is 3.78. The third kappa shape index (κ3) is 3.70. The van der Waals surface area contributed by atoms with Crippen molar-refractivity contribution in [2.75, 3.05) is 36.4 Å². The van der Waals surface area contributed by atoms with Crippen LogP contribution < -0.4 is 10.2 Å². The zero-order chi connectivity index (χ0) is 20.7. The summed E-state index contributed by atoms with van der Waals surface area (Å²) in [4.78, 5) is 27.0. The molecular weight excluding hydrogens is 374 g/mol. The first-order valence-electron chi connectivity index (χ1n) is 10.7. The monoisotopic (exact) mass is 401 g/mol. The molecule has 6 heteroatoms. The average molecular weight is 402 g/mol. The number of rotatable bonds is 4. The van der Waals surface area contributed by atoms with Gasteiger partial charge in [0.25, 0.3) is 5.91 Å². The van der Waals surface area contributed by atoms with E-state index in [1.165, 1.54) is 18.4 Å². The first-order valence-corrected chi connectivity index (χ1v) is 10.7. The topological polar surface area (TPSA) is 61.4 Å². The molecular formula is C24H27N5O. The summed E-state index contributed by atoms with van der Waals surface area (Å²) in [5, 5.41) is 3.55. The molecule has 1 amide bonds. The van der Waals surface area contributed by atoms with Gasteiger partial charge in [0.15, 0.2) is 11.6 Å². The number of para-hydroxylation sites is 2. The van der Waals surface area contributed by atoms with E-state index in [1.807, 2.05) is 47.4 Å². The normalized spacial score (nSPS) is 16.7. The van der Waals surface area contributed by atoms with Crippen LogP contribution in [0.1, 0.15) is 34.3 Å². The molecule has 154 valence electrons. The lowest BCUT2D eigenvalue weighted by Crippen LogP contribution is -2.49. The fraction of sp³-hybridized carbons (Fsp3) is 0.375. The van der Waals surface area contributed by atoms with E-state index >= 15 is 0 Å². The van der Waals surface area contributed by atoms with Gasteiger partial charge in [-0.1, -0.05) is 18.2 Å². The Labute approximate surface area is 176 Å². The highest BCUT2D eigenvalue weighted by Crippen LogP contribution is 2.31. The third-order valence-corrected chi connectivity index (χ3v) is 6.09. The van der Waals surface area contributed by atoms with Gasteiger partial charge in [0, 0.05) is 37.8 Å². The summed E-state index contributed by atoms with van der Waals surface area (Å²) in [5.41, 5.74) is 4.95. The van der Waals surface area contributed by atoms with E-state index in [9.17, 15) is 4.79 Å². The van der Waals surface area contributed by atoms with Gasteiger partial charge < -0.3 is 15.1 Å². The summed E-state index contributed by atoms with van der Waals surface area (Å²) in [7, 11) is 0. The molecule has 0 unspecified atom stereocenters. The molecule has 0 bridgehead atoms. The van der Waals surface area contributed by atoms with Crippen molar-refractivity contribution in [2.24, 2.45) is 0 Å². The minimum atomic E-state index is 0.110. The maximum atomic E-state index is 13.0. The zero-order valence-corrected chi connectivity index (χ0v) is 17.6. The number of hydrogen-bond acceptors (Lipinski definition) is 5. The SMILES string of the molecule is Cc1ccc(C(=O)N2CCN(c3nc4ccccc4nc3NC3CC3)CC2)cc1C. The molecule has 0 spiro atoms. The number of piperazine rings is 1. The number of carbonyl (C=O) groups is 1. The van der Waals surface area contributed by atoms with Crippen molar-refractivity contribution in [1.29, 1.82) is 0 Å². The molecule has 2 aliphatic rings. The highest BCUT2D eigenvalue weighted by Gasteiger charge is 2.28. The second kappa shape index (κ2) is 7.59. The van der Waals surface area contributed by atoms with Crippen LogP contribution in [0.25, 0.3) is 11.0 Å². The van der Waals surface area contributed by atoms with Gasteiger partial charge in [-0.2, -0.15) is 0 Å². The largest absolute Gasteiger partial charge is 0.364 e.